The fourth-order valence-electron chi connectivity index (χ4n) is 3.22. The standard InChI is InChI=1S/C22H38O4/c1-2-3-4-5-6-7-8-9-10-13-16-22(24)26-20-15-12-11-14-19-25-21(23)18-17-20/h11,14,20H,2-10,12-13,15-19H2,1H3. The second kappa shape index (κ2) is 15.9. The van der Waals surface area contributed by atoms with Crippen LogP contribution in [0.5, 0.6) is 0 Å². The molecule has 1 rings (SSSR count). The molecule has 0 aromatic rings. The molecule has 0 saturated carbocycles. The van der Waals surface area contributed by atoms with Crippen LogP contribution in [-0.2, 0) is 19.1 Å². The van der Waals surface area contributed by atoms with E-state index in [9.17, 15) is 9.59 Å². The molecule has 26 heavy (non-hydrogen) atoms. The first-order chi connectivity index (χ1) is 12.7. The van der Waals surface area contributed by atoms with Crippen LogP contribution in [-0.4, -0.2) is 24.6 Å². The van der Waals surface area contributed by atoms with Crippen LogP contribution < -0.4 is 0 Å². The SMILES string of the molecule is CCCCCCCCCCCCC(=O)OC1CCC=CCOC(=O)CC1. The predicted octanol–water partition coefficient (Wildman–Crippen LogP) is 5.88. The first-order valence-electron chi connectivity index (χ1n) is 10.7. The van der Waals surface area contributed by atoms with E-state index in [0.29, 0.717) is 25.9 Å². The van der Waals surface area contributed by atoms with Gasteiger partial charge in [0.2, 0.25) is 0 Å². The van der Waals surface area contributed by atoms with Gasteiger partial charge in [0.05, 0.1) is 0 Å². The van der Waals surface area contributed by atoms with Crippen molar-refractivity contribution in [1.29, 1.82) is 0 Å². The van der Waals surface area contributed by atoms with E-state index >= 15 is 0 Å². The van der Waals surface area contributed by atoms with Gasteiger partial charge in [-0.2, -0.15) is 0 Å². The van der Waals surface area contributed by atoms with Gasteiger partial charge in [0.1, 0.15) is 12.7 Å². The second-order valence-electron chi connectivity index (χ2n) is 7.31. The van der Waals surface area contributed by atoms with Crippen molar-refractivity contribution in [2.45, 2.75) is 109 Å². The van der Waals surface area contributed by atoms with Crippen molar-refractivity contribution in [2.75, 3.05) is 6.61 Å². The fraction of sp³-hybridized carbons (Fsp3) is 0.818. The number of hydrogen-bond acceptors (Lipinski definition) is 4. The molecule has 0 fully saturated rings. The third-order valence-electron chi connectivity index (χ3n) is 4.87. The zero-order chi connectivity index (χ0) is 18.9. The molecular formula is C22H38O4. The van der Waals surface area contributed by atoms with E-state index in [0.717, 1.165) is 25.7 Å². The number of esters is 2. The maximum absolute atomic E-state index is 12.0. The van der Waals surface area contributed by atoms with Gasteiger partial charge in [0.15, 0.2) is 0 Å². The van der Waals surface area contributed by atoms with E-state index in [1.165, 1.54) is 51.4 Å². The first kappa shape index (κ1) is 22.7. The number of hydrogen-bond donors (Lipinski definition) is 0. The van der Waals surface area contributed by atoms with Crippen LogP contribution in [0, 0.1) is 0 Å². The highest BCUT2D eigenvalue weighted by Gasteiger charge is 2.16. The summed E-state index contributed by atoms with van der Waals surface area (Å²) in [5, 5.41) is 0. The molecule has 0 bridgehead atoms. The molecule has 0 aliphatic carbocycles. The highest BCUT2D eigenvalue weighted by Crippen LogP contribution is 2.15. The Morgan fingerprint density at radius 1 is 1.00 bits per heavy atom. The minimum absolute atomic E-state index is 0.121. The molecule has 1 heterocycles. The summed E-state index contributed by atoms with van der Waals surface area (Å²) in [5.74, 6) is -0.337. The second-order valence-corrected chi connectivity index (χ2v) is 7.31. The molecule has 0 N–H and O–H groups in total. The zero-order valence-corrected chi connectivity index (χ0v) is 16.7. The third-order valence-corrected chi connectivity index (χ3v) is 4.87. The molecule has 0 radical (unpaired) electrons. The number of rotatable bonds is 12. The Morgan fingerprint density at radius 2 is 1.65 bits per heavy atom. The lowest BCUT2D eigenvalue weighted by molar-refractivity contribution is -0.152. The number of allylic oxidation sites excluding steroid dienone is 1. The van der Waals surface area contributed by atoms with E-state index in [1.807, 2.05) is 12.2 Å². The molecule has 0 spiro atoms. The molecular weight excluding hydrogens is 328 g/mol. The van der Waals surface area contributed by atoms with Gasteiger partial charge < -0.3 is 9.47 Å². The molecule has 1 atom stereocenters. The van der Waals surface area contributed by atoms with Crippen molar-refractivity contribution < 1.29 is 19.1 Å². The molecule has 0 aromatic heterocycles. The topological polar surface area (TPSA) is 52.6 Å². The smallest absolute Gasteiger partial charge is 0.306 e. The average Bonchev–Trinajstić information content (AvgIpc) is 2.63. The molecule has 1 aliphatic rings. The Balaban J connectivity index is 2.04. The largest absolute Gasteiger partial charge is 0.462 e. The maximum Gasteiger partial charge on any atom is 0.306 e. The summed E-state index contributed by atoms with van der Waals surface area (Å²) >= 11 is 0. The van der Waals surface area contributed by atoms with Crippen molar-refractivity contribution >= 4 is 11.9 Å². The minimum Gasteiger partial charge on any atom is -0.462 e. The summed E-state index contributed by atoms with van der Waals surface area (Å²) in [6.45, 7) is 2.60. The lowest BCUT2D eigenvalue weighted by atomic mass is 10.1. The monoisotopic (exact) mass is 366 g/mol. The Hall–Kier alpha value is -1.32. The number of ether oxygens (including phenoxy) is 2. The summed E-state index contributed by atoms with van der Waals surface area (Å²) < 4.78 is 10.6. The quantitative estimate of drug-likeness (QED) is 0.246. The van der Waals surface area contributed by atoms with Crippen LogP contribution in [0.15, 0.2) is 12.2 Å². The van der Waals surface area contributed by atoms with E-state index in [2.05, 4.69) is 6.92 Å². The van der Waals surface area contributed by atoms with Crippen molar-refractivity contribution in [3.05, 3.63) is 12.2 Å². The number of carbonyl (C=O) groups excluding carboxylic acids is 2. The maximum atomic E-state index is 12.0. The van der Waals surface area contributed by atoms with Crippen LogP contribution in [0.4, 0.5) is 0 Å². The number of cyclic esters (lactones) is 1. The first-order valence-corrected chi connectivity index (χ1v) is 10.7. The summed E-state index contributed by atoms with van der Waals surface area (Å²) in [4.78, 5) is 23.5. The molecule has 150 valence electrons. The molecule has 4 heteroatoms. The highest BCUT2D eigenvalue weighted by atomic mass is 16.5. The van der Waals surface area contributed by atoms with Gasteiger partial charge in [-0.1, -0.05) is 76.9 Å². The van der Waals surface area contributed by atoms with Crippen LogP contribution in [0.2, 0.25) is 0 Å². The van der Waals surface area contributed by atoms with Crippen molar-refractivity contribution in [2.24, 2.45) is 0 Å². The van der Waals surface area contributed by atoms with E-state index in [1.54, 1.807) is 0 Å². The summed E-state index contributed by atoms with van der Waals surface area (Å²) in [6, 6.07) is 0. The third kappa shape index (κ3) is 13.0. The van der Waals surface area contributed by atoms with Crippen LogP contribution >= 0.6 is 0 Å². The van der Waals surface area contributed by atoms with Gasteiger partial charge in [0.25, 0.3) is 0 Å². The normalized spacial score (nSPS) is 18.3. The van der Waals surface area contributed by atoms with Gasteiger partial charge >= 0.3 is 11.9 Å². The summed E-state index contributed by atoms with van der Waals surface area (Å²) in [6.07, 6.45) is 19.3. The minimum atomic E-state index is -0.215. The fourth-order valence-corrected chi connectivity index (χ4v) is 3.22. The summed E-state index contributed by atoms with van der Waals surface area (Å²) in [5.41, 5.74) is 0. The number of unbranched alkanes of at least 4 members (excludes halogenated alkanes) is 9. The Bertz CT molecular complexity index is 403. The van der Waals surface area contributed by atoms with Gasteiger partial charge in [0, 0.05) is 12.8 Å². The molecule has 0 saturated heterocycles. The van der Waals surface area contributed by atoms with Gasteiger partial charge in [-0.3, -0.25) is 9.59 Å². The Morgan fingerprint density at radius 3 is 2.35 bits per heavy atom. The molecule has 1 aliphatic heterocycles. The molecule has 0 aromatic carbocycles. The average molecular weight is 367 g/mol. The predicted molar refractivity (Wildman–Crippen MR) is 105 cm³/mol. The zero-order valence-electron chi connectivity index (χ0n) is 16.7. The van der Waals surface area contributed by atoms with Crippen molar-refractivity contribution in [3.63, 3.8) is 0 Å². The number of carbonyl (C=O) groups is 2. The van der Waals surface area contributed by atoms with E-state index in [-0.39, 0.29) is 18.0 Å². The molecule has 0 amide bonds. The van der Waals surface area contributed by atoms with Gasteiger partial charge in [-0.15, -0.1) is 0 Å². The van der Waals surface area contributed by atoms with Crippen LogP contribution in [0.25, 0.3) is 0 Å². The summed E-state index contributed by atoms with van der Waals surface area (Å²) in [7, 11) is 0. The van der Waals surface area contributed by atoms with Crippen molar-refractivity contribution in [3.8, 4) is 0 Å². The van der Waals surface area contributed by atoms with E-state index < -0.39 is 0 Å². The van der Waals surface area contributed by atoms with Crippen molar-refractivity contribution in [1.82, 2.24) is 0 Å². The highest BCUT2D eigenvalue weighted by molar-refractivity contribution is 5.70. The van der Waals surface area contributed by atoms with Gasteiger partial charge in [-0.05, 0) is 25.7 Å². The van der Waals surface area contributed by atoms with Crippen LogP contribution in [0.3, 0.4) is 0 Å². The molecule has 1 unspecified atom stereocenters. The van der Waals surface area contributed by atoms with Gasteiger partial charge in [-0.25, -0.2) is 0 Å². The lowest BCUT2D eigenvalue weighted by Gasteiger charge is -2.18. The Kier molecular flexibility index (Phi) is 13.9. The van der Waals surface area contributed by atoms with Crippen LogP contribution in [0.1, 0.15) is 103 Å². The Labute approximate surface area is 159 Å². The lowest BCUT2D eigenvalue weighted by Crippen LogP contribution is -2.20. The van der Waals surface area contributed by atoms with E-state index in [4.69, 9.17) is 9.47 Å². The molecule has 4 nitrogen and oxygen atoms in total.